The number of H-pyrrole nitrogens is 2. The number of aryl methyl sites for hydroxylation is 1. The molecule has 0 bridgehead atoms. The van der Waals surface area contributed by atoms with Gasteiger partial charge in [0, 0.05) is 11.8 Å². The molecule has 0 aliphatic carbocycles. The third-order valence-corrected chi connectivity index (χ3v) is 5.43. The summed E-state index contributed by atoms with van der Waals surface area (Å²) in [4.78, 5) is 23.4. The summed E-state index contributed by atoms with van der Waals surface area (Å²) in [6, 6.07) is 15.0. The molecular formula is C25H27N5O3. The Kier molecular flexibility index (Phi) is 6.55. The van der Waals surface area contributed by atoms with Crippen molar-refractivity contribution in [3.63, 3.8) is 0 Å². The maximum Gasteiger partial charge on any atom is 0.261 e. The Labute approximate surface area is 191 Å². The average Bonchev–Trinajstić information content (AvgIpc) is 3.24. The Hall–Kier alpha value is -3.91. The van der Waals surface area contributed by atoms with Gasteiger partial charge in [-0.15, -0.1) is 0 Å². The molecule has 0 aliphatic rings. The van der Waals surface area contributed by atoms with Crippen molar-refractivity contribution in [2.75, 3.05) is 18.5 Å². The lowest BCUT2D eigenvalue weighted by atomic mass is 10.1. The van der Waals surface area contributed by atoms with E-state index in [-0.39, 0.29) is 24.1 Å². The number of aliphatic hydroxyl groups is 1. The summed E-state index contributed by atoms with van der Waals surface area (Å²) in [5.74, 6) is 0.499. The maximum absolute atomic E-state index is 12.8. The second-order valence-electron chi connectivity index (χ2n) is 7.85. The van der Waals surface area contributed by atoms with Crippen LogP contribution in [-0.2, 0) is 11.2 Å². The van der Waals surface area contributed by atoms with E-state index in [4.69, 9.17) is 10.1 Å². The van der Waals surface area contributed by atoms with Crippen molar-refractivity contribution in [1.29, 1.82) is 5.41 Å². The van der Waals surface area contributed by atoms with Crippen molar-refractivity contribution in [1.82, 2.24) is 15.0 Å². The molecule has 2 heterocycles. The molecule has 0 fully saturated rings. The first kappa shape index (κ1) is 22.3. The predicted octanol–water partition coefficient (Wildman–Crippen LogP) is 3.60. The summed E-state index contributed by atoms with van der Waals surface area (Å²) in [6.45, 7) is 4.06. The molecule has 0 radical (unpaired) electrons. The number of hydrogen-bond acceptors (Lipinski definition) is 6. The number of hydrogen-bond donors (Lipinski definition) is 5. The lowest BCUT2D eigenvalue weighted by Crippen LogP contribution is -2.28. The summed E-state index contributed by atoms with van der Waals surface area (Å²) in [6.07, 6.45) is 2.17. The highest BCUT2D eigenvalue weighted by molar-refractivity contribution is 5.97. The second-order valence-corrected chi connectivity index (χ2v) is 7.85. The highest BCUT2D eigenvalue weighted by atomic mass is 16.5. The molecule has 0 amide bonds. The molecule has 33 heavy (non-hydrogen) atoms. The molecule has 2 aromatic heterocycles. The van der Waals surface area contributed by atoms with Gasteiger partial charge in [0.25, 0.3) is 5.56 Å². The van der Waals surface area contributed by atoms with Crippen molar-refractivity contribution in [3.05, 3.63) is 81.8 Å². The Morgan fingerprint density at radius 2 is 2.03 bits per heavy atom. The van der Waals surface area contributed by atoms with E-state index < -0.39 is 0 Å². The van der Waals surface area contributed by atoms with E-state index in [0.29, 0.717) is 41.2 Å². The smallest absolute Gasteiger partial charge is 0.261 e. The van der Waals surface area contributed by atoms with E-state index in [1.54, 1.807) is 18.3 Å². The van der Waals surface area contributed by atoms with E-state index in [1.165, 1.54) is 0 Å². The largest absolute Gasteiger partial charge is 0.478 e. The molecule has 4 aromatic rings. The number of benzene rings is 2. The molecule has 1 atom stereocenters. The Morgan fingerprint density at radius 3 is 2.76 bits per heavy atom. The number of anilines is 1. The first-order valence-electron chi connectivity index (χ1n) is 10.9. The number of pyridine rings is 1. The van der Waals surface area contributed by atoms with Crippen LogP contribution in [0.15, 0.2) is 59.5 Å². The number of rotatable bonds is 8. The van der Waals surface area contributed by atoms with Gasteiger partial charge in [-0.1, -0.05) is 30.3 Å². The number of aromatic amines is 2. The van der Waals surface area contributed by atoms with Crippen LogP contribution < -0.4 is 10.9 Å². The number of aliphatic hydroxyl groups excluding tert-OH is 1. The van der Waals surface area contributed by atoms with Gasteiger partial charge in [-0.05, 0) is 49.6 Å². The van der Waals surface area contributed by atoms with Crippen molar-refractivity contribution in [2.45, 2.75) is 26.3 Å². The summed E-state index contributed by atoms with van der Waals surface area (Å²) in [5, 5.41) is 21.3. The summed E-state index contributed by atoms with van der Waals surface area (Å²) in [7, 11) is 0. The van der Waals surface area contributed by atoms with E-state index in [0.717, 1.165) is 16.6 Å². The van der Waals surface area contributed by atoms with Crippen LogP contribution in [0.2, 0.25) is 0 Å². The minimum atomic E-state index is -0.296. The number of nitrogens with one attached hydrogen (secondary N) is 4. The van der Waals surface area contributed by atoms with Crippen LogP contribution >= 0.6 is 0 Å². The van der Waals surface area contributed by atoms with Crippen LogP contribution in [0.4, 0.5) is 5.69 Å². The molecule has 2 aromatic carbocycles. The molecule has 4 rings (SSSR count). The van der Waals surface area contributed by atoms with Crippen LogP contribution in [0.25, 0.3) is 22.4 Å². The number of nitrogens with zero attached hydrogens (tertiary/aromatic N) is 1. The van der Waals surface area contributed by atoms with E-state index in [2.05, 4.69) is 20.3 Å². The fourth-order valence-electron chi connectivity index (χ4n) is 3.88. The molecule has 5 N–H and O–H groups in total. The number of imidazole rings is 1. The average molecular weight is 446 g/mol. The minimum absolute atomic E-state index is 0.0882. The zero-order chi connectivity index (χ0) is 23.4. The fourth-order valence-corrected chi connectivity index (χ4v) is 3.88. The minimum Gasteiger partial charge on any atom is -0.478 e. The van der Waals surface area contributed by atoms with E-state index >= 15 is 0 Å². The van der Waals surface area contributed by atoms with Gasteiger partial charge >= 0.3 is 0 Å². The molecule has 0 spiro atoms. The van der Waals surface area contributed by atoms with Gasteiger partial charge < -0.3 is 25.1 Å². The fraction of sp³-hybridized carbons (Fsp3) is 0.240. The number of ether oxygens (including phenoxy) is 1. The van der Waals surface area contributed by atoms with Gasteiger partial charge in [0.2, 0.25) is 5.90 Å². The standard InChI is InChI=1S/C25H27N5O3/c1-3-33-23(26)17-11-15(2)22-20(13-17)29-24(30-22)21-19(9-10-27-25(21)32)28-18(14-31)12-16-7-5-4-6-8-16/h4-11,13,18,26,31H,3,12,14H2,1-2H3,(H,29,30)(H2,27,28,32). The summed E-state index contributed by atoms with van der Waals surface area (Å²) >= 11 is 0. The first-order valence-corrected chi connectivity index (χ1v) is 10.9. The van der Waals surface area contributed by atoms with Crippen LogP contribution in [-0.4, -0.2) is 45.2 Å². The van der Waals surface area contributed by atoms with Crippen molar-refractivity contribution < 1.29 is 9.84 Å². The normalized spacial score (nSPS) is 12.0. The highest BCUT2D eigenvalue weighted by Gasteiger charge is 2.19. The van der Waals surface area contributed by atoms with Crippen molar-refractivity contribution in [2.24, 2.45) is 0 Å². The number of aromatic nitrogens is 3. The topological polar surface area (TPSA) is 127 Å². The zero-order valence-electron chi connectivity index (χ0n) is 18.6. The quantitative estimate of drug-likeness (QED) is 0.209. The SMILES string of the molecule is CCOC(=N)c1cc(C)c2nc(-c3c(NC(CO)Cc4ccccc4)cc[nH]c3=O)[nH]c2c1. The van der Waals surface area contributed by atoms with Crippen molar-refractivity contribution >= 4 is 22.6 Å². The van der Waals surface area contributed by atoms with Gasteiger partial charge in [-0.2, -0.15) is 0 Å². The Bertz CT molecular complexity index is 1330. The van der Waals surface area contributed by atoms with Gasteiger partial charge in [0.1, 0.15) is 11.4 Å². The van der Waals surface area contributed by atoms with Gasteiger partial charge in [-0.25, -0.2) is 4.98 Å². The maximum atomic E-state index is 12.8. The lowest BCUT2D eigenvalue weighted by Gasteiger charge is -2.19. The van der Waals surface area contributed by atoms with E-state index in [1.807, 2.05) is 50.2 Å². The summed E-state index contributed by atoms with van der Waals surface area (Å²) < 4.78 is 5.33. The van der Waals surface area contributed by atoms with Gasteiger partial charge in [0.05, 0.1) is 36.0 Å². The lowest BCUT2D eigenvalue weighted by molar-refractivity contribution is 0.274. The molecule has 0 saturated carbocycles. The zero-order valence-corrected chi connectivity index (χ0v) is 18.6. The molecular weight excluding hydrogens is 418 g/mol. The van der Waals surface area contributed by atoms with Gasteiger partial charge in [0.15, 0.2) is 0 Å². The van der Waals surface area contributed by atoms with Gasteiger partial charge in [-0.3, -0.25) is 10.2 Å². The van der Waals surface area contributed by atoms with Crippen LogP contribution in [0, 0.1) is 12.3 Å². The first-order chi connectivity index (χ1) is 16.0. The highest BCUT2D eigenvalue weighted by Crippen LogP contribution is 2.27. The van der Waals surface area contributed by atoms with Crippen LogP contribution in [0.1, 0.15) is 23.6 Å². The van der Waals surface area contributed by atoms with Crippen LogP contribution in [0.5, 0.6) is 0 Å². The second kappa shape index (κ2) is 9.70. The Balaban J connectivity index is 1.71. The summed E-state index contributed by atoms with van der Waals surface area (Å²) in [5.41, 5.74) is 4.66. The third-order valence-electron chi connectivity index (χ3n) is 5.43. The predicted molar refractivity (Wildman–Crippen MR) is 130 cm³/mol. The van der Waals surface area contributed by atoms with Crippen LogP contribution in [0.3, 0.4) is 0 Å². The molecule has 170 valence electrons. The monoisotopic (exact) mass is 445 g/mol. The molecule has 8 heteroatoms. The molecule has 1 unspecified atom stereocenters. The third kappa shape index (κ3) is 4.80. The molecule has 0 aliphatic heterocycles. The molecule has 0 saturated heterocycles. The van der Waals surface area contributed by atoms with E-state index in [9.17, 15) is 9.90 Å². The number of fused-ring (bicyclic) bond motifs is 1. The Morgan fingerprint density at radius 1 is 1.24 bits per heavy atom. The molecule has 8 nitrogen and oxygen atoms in total. The van der Waals surface area contributed by atoms with Crippen molar-refractivity contribution in [3.8, 4) is 11.4 Å².